The summed E-state index contributed by atoms with van der Waals surface area (Å²) >= 11 is 0. The SMILES string of the molecule is COc1ccc(OC)c(CC(=O)NC(C)c2cccc(NC(=O)c3ccccc3)c2)c1. The maximum atomic E-state index is 12.6. The molecule has 0 heterocycles. The number of benzene rings is 3. The van der Waals surface area contributed by atoms with E-state index in [2.05, 4.69) is 10.6 Å². The lowest BCUT2D eigenvalue weighted by atomic mass is 10.1. The van der Waals surface area contributed by atoms with Crippen molar-refractivity contribution in [2.75, 3.05) is 19.5 Å². The highest BCUT2D eigenvalue weighted by Gasteiger charge is 2.14. The topological polar surface area (TPSA) is 76.7 Å². The summed E-state index contributed by atoms with van der Waals surface area (Å²) in [5.41, 5.74) is 2.88. The molecule has 160 valence electrons. The molecular weight excluding hydrogens is 392 g/mol. The van der Waals surface area contributed by atoms with Crippen LogP contribution >= 0.6 is 0 Å². The van der Waals surface area contributed by atoms with Gasteiger partial charge in [0.15, 0.2) is 0 Å². The van der Waals surface area contributed by atoms with Crippen LogP contribution in [0, 0.1) is 0 Å². The van der Waals surface area contributed by atoms with Crippen molar-refractivity contribution in [1.82, 2.24) is 5.32 Å². The Bertz CT molecular complexity index is 1050. The summed E-state index contributed by atoms with van der Waals surface area (Å²) in [6, 6.07) is 21.6. The second-order valence-electron chi connectivity index (χ2n) is 7.09. The molecule has 0 aliphatic heterocycles. The number of anilines is 1. The van der Waals surface area contributed by atoms with E-state index in [0.29, 0.717) is 22.7 Å². The van der Waals surface area contributed by atoms with Crippen LogP contribution in [0.15, 0.2) is 72.8 Å². The third-order valence-corrected chi connectivity index (χ3v) is 4.90. The van der Waals surface area contributed by atoms with Crippen LogP contribution in [-0.4, -0.2) is 26.0 Å². The van der Waals surface area contributed by atoms with Crippen molar-refractivity contribution in [1.29, 1.82) is 0 Å². The summed E-state index contributed by atoms with van der Waals surface area (Å²) in [6.45, 7) is 1.90. The fourth-order valence-electron chi connectivity index (χ4n) is 3.25. The van der Waals surface area contributed by atoms with Crippen molar-refractivity contribution < 1.29 is 19.1 Å². The first-order valence-corrected chi connectivity index (χ1v) is 9.96. The molecule has 1 atom stereocenters. The summed E-state index contributed by atoms with van der Waals surface area (Å²) in [5.74, 6) is 0.977. The van der Waals surface area contributed by atoms with Crippen LogP contribution in [0.25, 0.3) is 0 Å². The van der Waals surface area contributed by atoms with E-state index < -0.39 is 0 Å². The van der Waals surface area contributed by atoms with Crippen molar-refractivity contribution in [3.05, 3.63) is 89.5 Å². The van der Waals surface area contributed by atoms with Crippen LogP contribution in [0.3, 0.4) is 0 Å². The molecule has 0 bridgehead atoms. The van der Waals surface area contributed by atoms with Crippen molar-refractivity contribution in [2.45, 2.75) is 19.4 Å². The van der Waals surface area contributed by atoms with Gasteiger partial charge in [-0.15, -0.1) is 0 Å². The average molecular weight is 418 g/mol. The average Bonchev–Trinajstić information content (AvgIpc) is 2.79. The maximum absolute atomic E-state index is 12.6. The van der Waals surface area contributed by atoms with Gasteiger partial charge >= 0.3 is 0 Å². The molecule has 0 spiro atoms. The molecule has 3 aromatic rings. The van der Waals surface area contributed by atoms with E-state index in [4.69, 9.17) is 9.47 Å². The molecule has 3 rings (SSSR count). The molecule has 0 fully saturated rings. The number of hydrogen-bond donors (Lipinski definition) is 2. The van der Waals surface area contributed by atoms with E-state index in [1.54, 1.807) is 44.6 Å². The molecule has 0 radical (unpaired) electrons. The molecule has 0 aliphatic carbocycles. The molecule has 2 amide bonds. The predicted octanol–water partition coefficient (Wildman–Crippen LogP) is 4.38. The van der Waals surface area contributed by atoms with Gasteiger partial charge < -0.3 is 20.1 Å². The van der Waals surface area contributed by atoms with Crippen molar-refractivity contribution >= 4 is 17.5 Å². The lowest BCUT2D eigenvalue weighted by Gasteiger charge is -2.17. The van der Waals surface area contributed by atoms with E-state index in [-0.39, 0.29) is 24.3 Å². The Balaban J connectivity index is 1.65. The van der Waals surface area contributed by atoms with Crippen molar-refractivity contribution in [2.24, 2.45) is 0 Å². The van der Waals surface area contributed by atoms with E-state index in [9.17, 15) is 9.59 Å². The standard InChI is InChI=1S/C25H26N2O4/c1-17(26-24(28)16-20-15-22(30-2)12-13-23(20)31-3)19-10-7-11-21(14-19)27-25(29)18-8-5-4-6-9-18/h4-15,17H,16H2,1-3H3,(H,26,28)(H,27,29). The van der Waals surface area contributed by atoms with Gasteiger partial charge in [-0.25, -0.2) is 0 Å². The Kier molecular flexibility index (Phi) is 7.27. The number of ether oxygens (including phenoxy) is 2. The first kappa shape index (κ1) is 21.9. The summed E-state index contributed by atoms with van der Waals surface area (Å²) in [4.78, 5) is 25.0. The molecule has 6 heteroatoms. The number of nitrogens with one attached hydrogen (secondary N) is 2. The smallest absolute Gasteiger partial charge is 0.255 e. The molecule has 6 nitrogen and oxygen atoms in total. The zero-order chi connectivity index (χ0) is 22.2. The van der Waals surface area contributed by atoms with Crippen LogP contribution < -0.4 is 20.1 Å². The monoisotopic (exact) mass is 418 g/mol. The normalized spacial score (nSPS) is 11.3. The molecule has 0 aromatic heterocycles. The maximum Gasteiger partial charge on any atom is 0.255 e. The summed E-state index contributed by atoms with van der Waals surface area (Å²) in [5, 5.41) is 5.89. The summed E-state index contributed by atoms with van der Waals surface area (Å²) in [6.07, 6.45) is 0.162. The summed E-state index contributed by atoms with van der Waals surface area (Å²) in [7, 11) is 3.15. The molecule has 0 saturated carbocycles. The molecule has 3 aromatic carbocycles. The van der Waals surface area contributed by atoms with Gasteiger partial charge in [-0.3, -0.25) is 9.59 Å². The fourth-order valence-corrected chi connectivity index (χ4v) is 3.25. The number of carbonyl (C=O) groups is 2. The molecule has 2 N–H and O–H groups in total. The molecule has 31 heavy (non-hydrogen) atoms. The minimum Gasteiger partial charge on any atom is -0.497 e. The number of carbonyl (C=O) groups excluding carboxylic acids is 2. The van der Waals surface area contributed by atoms with Gasteiger partial charge in [0.2, 0.25) is 5.91 Å². The Morgan fingerprint density at radius 3 is 2.39 bits per heavy atom. The second kappa shape index (κ2) is 10.3. The van der Waals surface area contributed by atoms with E-state index in [1.807, 2.05) is 49.4 Å². The van der Waals surface area contributed by atoms with Gasteiger partial charge in [-0.1, -0.05) is 30.3 Å². The predicted molar refractivity (Wildman–Crippen MR) is 121 cm³/mol. The van der Waals surface area contributed by atoms with Crippen LogP contribution in [0.1, 0.15) is 34.5 Å². The molecule has 0 saturated heterocycles. The summed E-state index contributed by atoms with van der Waals surface area (Å²) < 4.78 is 10.6. The highest BCUT2D eigenvalue weighted by Crippen LogP contribution is 2.25. The Morgan fingerprint density at radius 1 is 0.903 bits per heavy atom. The Morgan fingerprint density at radius 2 is 1.68 bits per heavy atom. The van der Waals surface area contributed by atoms with Crippen LogP contribution in [0.4, 0.5) is 5.69 Å². The van der Waals surface area contributed by atoms with Gasteiger partial charge in [-0.2, -0.15) is 0 Å². The molecule has 1 unspecified atom stereocenters. The minimum atomic E-state index is -0.238. The largest absolute Gasteiger partial charge is 0.497 e. The Labute approximate surface area is 182 Å². The van der Waals surface area contributed by atoms with Gasteiger partial charge in [0.1, 0.15) is 11.5 Å². The molecular formula is C25H26N2O4. The van der Waals surface area contributed by atoms with Crippen molar-refractivity contribution in [3.8, 4) is 11.5 Å². The number of methoxy groups -OCH3 is 2. The molecule has 0 aliphatic rings. The van der Waals surface area contributed by atoms with E-state index in [0.717, 1.165) is 11.1 Å². The Hall–Kier alpha value is -3.80. The second-order valence-corrected chi connectivity index (χ2v) is 7.09. The zero-order valence-electron chi connectivity index (χ0n) is 17.8. The quantitative estimate of drug-likeness (QED) is 0.569. The first-order chi connectivity index (χ1) is 15.0. The highest BCUT2D eigenvalue weighted by atomic mass is 16.5. The van der Waals surface area contributed by atoms with E-state index in [1.165, 1.54) is 0 Å². The van der Waals surface area contributed by atoms with Gasteiger partial charge in [0, 0.05) is 16.8 Å². The third-order valence-electron chi connectivity index (χ3n) is 4.90. The van der Waals surface area contributed by atoms with Gasteiger partial charge in [0.05, 0.1) is 26.7 Å². The fraction of sp³-hybridized carbons (Fsp3) is 0.200. The van der Waals surface area contributed by atoms with Gasteiger partial charge in [-0.05, 0) is 55.0 Å². The van der Waals surface area contributed by atoms with Crippen LogP contribution in [0.5, 0.6) is 11.5 Å². The zero-order valence-corrected chi connectivity index (χ0v) is 17.8. The van der Waals surface area contributed by atoms with Crippen LogP contribution in [0.2, 0.25) is 0 Å². The minimum absolute atomic E-state index is 0.141. The lowest BCUT2D eigenvalue weighted by Crippen LogP contribution is -2.28. The third kappa shape index (κ3) is 5.85. The first-order valence-electron chi connectivity index (χ1n) is 9.96. The van der Waals surface area contributed by atoms with Gasteiger partial charge in [0.25, 0.3) is 5.91 Å². The van der Waals surface area contributed by atoms with Crippen molar-refractivity contribution in [3.63, 3.8) is 0 Å². The highest BCUT2D eigenvalue weighted by molar-refractivity contribution is 6.04. The number of rotatable bonds is 8. The lowest BCUT2D eigenvalue weighted by molar-refractivity contribution is -0.121. The number of amides is 2. The number of hydrogen-bond acceptors (Lipinski definition) is 4. The van der Waals surface area contributed by atoms with E-state index >= 15 is 0 Å². The van der Waals surface area contributed by atoms with Crippen LogP contribution in [-0.2, 0) is 11.2 Å².